The standard InChI is InChI=1S/C24H25N5O2/c1-4-19-12-22(31-15-21(30)26-14-18-6-5-11-25-13-18)27-24-23(19)17(3)28-29(24)20-9-7-16(2)8-10-20/h5-13H,4,14-15H2,1-3H3,(H,26,30). The van der Waals surface area contributed by atoms with Gasteiger partial charge in [-0.2, -0.15) is 10.1 Å². The van der Waals surface area contributed by atoms with E-state index in [4.69, 9.17) is 9.84 Å². The monoisotopic (exact) mass is 415 g/mol. The van der Waals surface area contributed by atoms with Crippen LogP contribution in [0.1, 0.15) is 29.3 Å². The Balaban J connectivity index is 1.56. The maximum Gasteiger partial charge on any atom is 0.258 e. The zero-order valence-electron chi connectivity index (χ0n) is 17.9. The highest BCUT2D eigenvalue weighted by Gasteiger charge is 2.16. The molecule has 4 aromatic rings. The van der Waals surface area contributed by atoms with Gasteiger partial charge in [0.05, 0.1) is 11.4 Å². The molecule has 7 nitrogen and oxygen atoms in total. The maximum absolute atomic E-state index is 12.2. The molecule has 0 aliphatic rings. The van der Waals surface area contributed by atoms with E-state index in [9.17, 15) is 4.79 Å². The number of nitrogens with one attached hydrogen (secondary N) is 1. The Morgan fingerprint density at radius 3 is 2.68 bits per heavy atom. The van der Waals surface area contributed by atoms with Gasteiger partial charge in [0.2, 0.25) is 5.88 Å². The van der Waals surface area contributed by atoms with E-state index in [-0.39, 0.29) is 12.5 Å². The van der Waals surface area contributed by atoms with Crippen molar-refractivity contribution in [2.75, 3.05) is 6.61 Å². The second-order valence-corrected chi connectivity index (χ2v) is 7.43. The van der Waals surface area contributed by atoms with Crippen LogP contribution in [0.15, 0.2) is 54.9 Å². The molecular formula is C24H25N5O2. The van der Waals surface area contributed by atoms with Gasteiger partial charge in [-0.1, -0.05) is 30.7 Å². The van der Waals surface area contributed by atoms with Crippen LogP contribution in [0.2, 0.25) is 0 Å². The molecule has 0 fully saturated rings. The van der Waals surface area contributed by atoms with Crippen molar-refractivity contribution in [1.29, 1.82) is 0 Å². The fourth-order valence-corrected chi connectivity index (χ4v) is 3.46. The molecule has 0 aliphatic heterocycles. The molecule has 31 heavy (non-hydrogen) atoms. The third kappa shape index (κ3) is 4.55. The third-order valence-corrected chi connectivity index (χ3v) is 5.09. The molecule has 0 saturated heterocycles. The molecule has 0 saturated carbocycles. The second kappa shape index (κ2) is 8.95. The van der Waals surface area contributed by atoms with Crippen LogP contribution in [0, 0.1) is 13.8 Å². The molecule has 0 atom stereocenters. The first-order chi connectivity index (χ1) is 15.0. The van der Waals surface area contributed by atoms with Crippen LogP contribution >= 0.6 is 0 Å². The van der Waals surface area contributed by atoms with Gasteiger partial charge >= 0.3 is 0 Å². The number of nitrogens with zero attached hydrogens (tertiary/aromatic N) is 4. The summed E-state index contributed by atoms with van der Waals surface area (Å²) in [6.45, 7) is 6.42. The van der Waals surface area contributed by atoms with E-state index in [2.05, 4.69) is 29.1 Å². The second-order valence-electron chi connectivity index (χ2n) is 7.43. The van der Waals surface area contributed by atoms with Gasteiger partial charge in [0.15, 0.2) is 12.3 Å². The van der Waals surface area contributed by atoms with Crippen molar-refractivity contribution in [3.05, 3.63) is 77.2 Å². The molecule has 1 amide bonds. The number of ether oxygens (including phenoxy) is 1. The fraction of sp³-hybridized carbons (Fsp3) is 0.250. The number of carbonyl (C=O) groups is 1. The van der Waals surface area contributed by atoms with Gasteiger partial charge in [0.25, 0.3) is 5.91 Å². The first-order valence-corrected chi connectivity index (χ1v) is 10.3. The Labute approximate surface area is 181 Å². The molecule has 3 heterocycles. The van der Waals surface area contributed by atoms with Crippen molar-refractivity contribution in [3.8, 4) is 11.6 Å². The minimum Gasteiger partial charge on any atom is -0.468 e. The predicted octanol–water partition coefficient (Wildman–Crippen LogP) is 3.69. The Morgan fingerprint density at radius 2 is 1.97 bits per heavy atom. The van der Waals surface area contributed by atoms with Gasteiger partial charge in [-0.3, -0.25) is 9.78 Å². The molecule has 0 aliphatic carbocycles. The molecule has 0 bridgehead atoms. The van der Waals surface area contributed by atoms with Crippen LogP contribution in [-0.4, -0.2) is 32.3 Å². The summed E-state index contributed by atoms with van der Waals surface area (Å²) in [5.41, 5.74) is 5.78. The Morgan fingerprint density at radius 1 is 1.16 bits per heavy atom. The van der Waals surface area contributed by atoms with Gasteiger partial charge in [0.1, 0.15) is 0 Å². The largest absolute Gasteiger partial charge is 0.468 e. The predicted molar refractivity (Wildman–Crippen MR) is 119 cm³/mol. The van der Waals surface area contributed by atoms with Crippen LogP contribution in [0.5, 0.6) is 5.88 Å². The van der Waals surface area contributed by atoms with Gasteiger partial charge in [0, 0.05) is 30.4 Å². The van der Waals surface area contributed by atoms with Crippen molar-refractivity contribution in [2.45, 2.75) is 33.7 Å². The van der Waals surface area contributed by atoms with Crippen molar-refractivity contribution in [2.24, 2.45) is 0 Å². The molecule has 158 valence electrons. The molecule has 0 radical (unpaired) electrons. The first-order valence-electron chi connectivity index (χ1n) is 10.3. The molecule has 4 rings (SSSR count). The van der Waals surface area contributed by atoms with E-state index >= 15 is 0 Å². The van der Waals surface area contributed by atoms with Crippen LogP contribution in [-0.2, 0) is 17.8 Å². The minimum atomic E-state index is -0.216. The number of carbonyl (C=O) groups excluding carboxylic acids is 1. The Bertz CT molecular complexity index is 1200. The summed E-state index contributed by atoms with van der Waals surface area (Å²) in [5, 5.41) is 8.57. The van der Waals surface area contributed by atoms with Crippen molar-refractivity contribution >= 4 is 16.9 Å². The van der Waals surface area contributed by atoms with E-state index in [1.165, 1.54) is 5.56 Å². The zero-order valence-corrected chi connectivity index (χ0v) is 17.9. The van der Waals surface area contributed by atoms with Crippen molar-refractivity contribution < 1.29 is 9.53 Å². The SMILES string of the molecule is CCc1cc(OCC(=O)NCc2cccnc2)nc2c1c(C)nn2-c1ccc(C)cc1. The molecule has 3 aromatic heterocycles. The summed E-state index contributed by atoms with van der Waals surface area (Å²) in [6, 6.07) is 13.8. The van der Waals surface area contributed by atoms with E-state index in [0.717, 1.165) is 40.0 Å². The summed E-state index contributed by atoms with van der Waals surface area (Å²) in [5.74, 6) is 0.196. The number of aryl methyl sites for hydroxylation is 3. The number of amides is 1. The van der Waals surface area contributed by atoms with E-state index in [0.29, 0.717) is 12.4 Å². The lowest BCUT2D eigenvalue weighted by atomic mass is 10.1. The molecule has 0 spiro atoms. The molecule has 1 N–H and O–H groups in total. The summed E-state index contributed by atoms with van der Waals surface area (Å²) in [7, 11) is 0. The van der Waals surface area contributed by atoms with E-state index in [1.807, 2.05) is 54.1 Å². The lowest BCUT2D eigenvalue weighted by Crippen LogP contribution is -2.28. The van der Waals surface area contributed by atoms with Crippen LogP contribution < -0.4 is 10.1 Å². The summed E-state index contributed by atoms with van der Waals surface area (Å²) >= 11 is 0. The number of aromatic nitrogens is 4. The summed E-state index contributed by atoms with van der Waals surface area (Å²) < 4.78 is 7.58. The number of pyridine rings is 2. The quantitative estimate of drug-likeness (QED) is 0.498. The van der Waals surface area contributed by atoms with E-state index < -0.39 is 0 Å². The summed E-state index contributed by atoms with van der Waals surface area (Å²) in [6.07, 6.45) is 4.23. The molecule has 1 aromatic carbocycles. The molecule has 0 unspecified atom stereocenters. The number of hydrogen-bond donors (Lipinski definition) is 1. The van der Waals surface area contributed by atoms with Gasteiger partial charge in [-0.25, -0.2) is 4.68 Å². The number of hydrogen-bond acceptors (Lipinski definition) is 5. The lowest BCUT2D eigenvalue weighted by molar-refractivity contribution is -0.123. The average molecular weight is 415 g/mol. The topological polar surface area (TPSA) is 81.9 Å². The Kier molecular flexibility index (Phi) is 5.93. The van der Waals surface area contributed by atoms with Crippen LogP contribution in [0.4, 0.5) is 0 Å². The Hall–Kier alpha value is -3.74. The highest BCUT2D eigenvalue weighted by molar-refractivity contribution is 5.84. The van der Waals surface area contributed by atoms with Crippen LogP contribution in [0.3, 0.4) is 0 Å². The maximum atomic E-state index is 12.2. The first kappa shape index (κ1) is 20.5. The highest BCUT2D eigenvalue weighted by Crippen LogP contribution is 2.27. The number of fused-ring (bicyclic) bond motifs is 1. The summed E-state index contributed by atoms with van der Waals surface area (Å²) in [4.78, 5) is 21.0. The van der Waals surface area contributed by atoms with Gasteiger partial charge in [-0.05, 0) is 49.6 Å². The average Bonchev–Trinajstić information content (AvgIpc) is 3.13. The highest BCUT2D eigenvalue weighted by atomic mass is 16.5. The minimum absolute atomic E-state index is 0.112. The lowest BCUT2D eigenvalue weighted by Gasteiger charge is -2.10. The van der Waals surface area contributed by atoms with Crippen LogP contribution in [0.25, 0.3) is 16.7 Å². The fourth-order valence-electron chi connectivity index (χ4n) is 3.46. The third-order valence-electron chi connectivity index (χ3n) is 5.09. The van der Waals surface area contributed by atoms with Crippen molar-refractivity contribution in [1.82, 2.24) is 25.1 Å². The zero-order chi connectivity index (χ0) is 21.8. The number of benzene rings is 1. The molecule has 7 heteroatoms. The molecular weight excluding hydrogens is 390 g/mol. The smallest absolute Gasteiger partial charge is 0.258 e. The van der Waals surface area contributed by atoms with Crippen molar-refractivity contribution in [3.63, 3.8) is 0 Å². The van der Waals surface area contributed by atoms with Gasteiger partial charge < -0.3 is 10.1 Å². The van der Waals surface area contributed by atoms with E-state index in [1.54, 1.807) is 12.4 Å². The normalized spacial score (nSPS) is 10.9. The number of rotatable bonds is 7. The van der Waals surface area contributed by atoms with Gasteiger partial charge in [-0.15, -0.1) is 0 Å².